The maximum Gasteiger partial charge on any atom is 0.344 e. The maximum absolute atomic E-state index is 12.7. The van der Waals surface area contributed by atoms with Crippen LogP contribution in [0.15, 0.2) is 24.0 Å². The number of esters is 2. The van der Waals surface area contributed by atoms with Gasteiger partial charge in [0, 0.05) is 18.0 Å². The third-order valence-corrected chi connectivity index (χ3v) is 8.06. The first kappa shape index (κ1) is 24.5. The molecule has 0 amide bonds. The van der Waals surface area contributed by atoms with Crippen LogP contribution < -0.4 is 9.47 Å². The molecule has 0 saturated carbocycles. The molecule has 1 spiro atoms. The lowest BCUT2D eigenvalue weighted by atomic mass is 9.50. The molecule has 2 bridgehead atoms. The Labute approximate surface area is 207 Å². The summed E-state index contributed by atoms with van der Waals surface area (Å²) in [6.07, 6.45) is -1.91. The van der Waals surface area contributed by atoms with Crippen molar-refractivity contribution in [1.29, 1.82) is 0 Å². The van der Waals surface area contributed by atoms with E-state index in [-0.39, 0.29) is 18.2 Å². The lowest BCUT2D eigenvalue weighted by molar-refractivity contribution is -0.174. The van der Waals surface area contributed by atoms with Crippen molar-refractivity contribution in [2.45, 2.75) is 68.0 Å². The Kier molecular flexibility index (Phi) is 5.77. The lowest BCUT2D eigenvalue weighted by Gasteiger charge is -2.61. The summed E-state index contributed by atoms with van der Waals surface area (Å²) in [6.45, 7) is 1.86. The zero-order valence-electron chi connectivity index (χ0n) is 20.2. The number of hydrogen-bond acceptors (Lipinski definition) is 10. The van der Waals surface area contributed by atoms with Crippen LogP contribution in [0.1, 0.15) is 37.3 Å². The lowest BCUT2D eigenvalue weighted by Crippen LogP contribution is -2.74. The van der Waals surface area contributed by atoms with E-state index in [1.165, 1.54) is 7.11 Å². The summed E-state index contributed by atoms with van der Waals surface area (Å²) < 4.78 is 22.1. The fraction of sp³-hybridized carbons (Fsp3) is 0.560. The molecule has 2 heterocycles. The summed E-state index contributed by atoms with van der Waals surface area (Å²) in [7, 11) is 3.51. The van der Waals surface area contributed by atoms with Crippen molar-refractivity contribution in [3.63, 3.8) is 0 Å². The molecule has 2 aliphatic heterocycles. The van der Waals surface area contributed by atoms with Crippen LogP contribution in [0.25, 0.3) is 0 Å². The van der Waals surface area contributed by atoms with Crippen LogP contribution in [0.2, 0.25) is 0 Å². The number of aliphatic carboxylic acids is 1. The van der Waals surface area contributed by atoms with Gasteiger partial charge in [0.1, 0.15) is 5.76 Å². The Morgan fingerprint density at radius 2 is 2.06 bits per heavy atom. The first-order valence-corrected chi connectivity index (χ1v) is 11.8. The third kappa shape index (κ3) is 3.33. The molecule has 1 saturated heterocycles. The van der Waals surface area contributed by atoms with Gasteiger partial charge < -0.3 is 39.2 Å². The molecule has 1 fully saturated rings. The molecule has 0 aromatic heterocycles. The van der Waals surface area contributed by atoms with E-state index in [0.717, 1.165) is 18.1 Å². The van der Waals surface area contributed by atoms with Gasteiger partial charge in [-0.3, -0.25) is 4.79 Å². The number of nitrogens with zero attached hydrogens (tertiary/aromatic N) is 1. The Bertz CT molecular complexity index is 1160. The van der Waals surface area contributed by atoms with Gasteiger partial charge >= 0.3 is 17.9 Å². The minimum atomic E-state index is -1.87. The number of carboxylic acid groups (broad SMARTS) is 1. The quantitative estimate of drug-likeness (QED) is 0.440. The number of carbonyl (C=O) groups excluding carboxylic acids is 2. The Hall–Kier alpha value is -3.15. The number of likely N-dealkylation sites (tertiary alicyclic amines) is 1. The van der Waals surface area contributed by atoms with E-state index in [2.05, 4.69) is 9.64 Å². The van der Waals surface area contributed by atoms with Gasteiger partial charge in [0.2, 0.25) is 0 Å². The smallest absolute Gasteiger partial charge is 0.344 e. The van der Waals surface area contributed by atoms with Gasteiger partial charge in [-0.1, -0.05) is 6.07 Å². The van der Waals surface area contributed by atoms with Crippen LogP contribution in [0.3, 0.4) is 0 Å². The number of ether oxygens (including phenoxy) is 4. The Balaban J connectivity index is 1.44. The number of aliphatic hydroxyl groups excluding tert-OH is 1. The first-order valence-electron chi connectivity index (χ1n) is 11.8. The Morgan fingerprint density at radius 1 is 1.31 bits per heavy atom. The van der Waals surface area contributed by atoms with Gasteiger partial charge in [-0.05, 0) is 51.1 Å². The molecule has 194 valence electrons. The number of aliphatic hydroxyl groups is 2. The molecule has 0 radical (unpaired) electrons. The number of hydrogen-bond donors (Lipinski definition) is 3. The van der Waals surface area contributed by atoms with Crippen LogP contribution in [0, 0.1) is 0 Å². The van der Waals surface area contributed by atoms with Crippen LogP contribution in [0.5, 0.6) is 11.5 Å². The van der Waals surface area contributed by atoms with Gasteiger partial charge in [0.25, 0.3) is 0 Å². The highest BCUT2D eigenvalue weighted by molar-refractivity contribution is 5.84. The number of piperidine rings is 1. The number of carboxylic acids is 1. The average molecular weight is 504 g/mol. The third-order valence-electron chi connectivity index (χ3n) is 8.06. The predicted molar refractivity (Wildman–Crippen MR) is 121 cm³/mol. The van der Waals surface area contributed by atoms with E-state index >= 15 is 0 Å². The highest BCUT2D eigenvalue weighted by Crippen LogP contribution is 2.65. The number of methoxy groups -OCH3 is 1. The zero-order chi connectivity index (χ0) is 26.0. The summed E-state index contributed by atoms with van der Waals surface area (Å²) in [5.41, 5.74) is -0.155. The van der Waals surface area contributed by atoms with E-state index in [4.69, 9.17) is 19.3 Å². The van der Waals surface area contributed by atoms with Crippen LogP contribution in [-0.2, 0) is 35.7 Å². The fourth-order valence-electron chi connectivity index (χ4n) is 6.31. The minimum absolute atomic E-state index is 0.144. The summed E-state index contributed by atoms with van der Waals surface area (Å²) in [6, 6.07) is 3.63. The molecular weight excluding hydrogens is 474 g/mol. The average Bonchev–Trinajstić information content (AvgIpc) is 3.18. The van der Waals surface area contributed by atoms with Gasteiger partial charge in [-0.15, -0.1) is 0 Å². The summed E-state index contributed by atoms with van der Waals surface area (Å²) in [4.78, 5) is 37.7. The monoisotopic (exact) mass is 503 g/mol. The van der Waals surface area contributed by atoms with Crippen molar-refractivity contribution in [3.8, 4) is 11.5 Å². The van der Waals surface area contributed by atoms with Crippen molar-refractivity contribution in [1.82, 2.24) is 4.90 Å². The van der Waals surface area contributed by atoms with Crippen molar-refractivity contribution in [2.24, 2.45) is 0 Å². The largest absolute Gasteiger partial charge is 0.493 e. The summed E-state index contributed by atoms with van der Waals surface area (Å²) in [5.74, 6) is -2.34. The van der Waals surface area contributed by atoms with Gasteiger partial charge in [-0.25, -0.2) is 9.59 Å². The zero-order valence-corrected chi connectivity index (χ0v) is 20.2. The van der Waals surface area contributed by atoms with Crippen molar-refractivity contribution >= 4 is 17.9 Å². The van der Waals surface area contributed by atoms with Gasteiger partial charge in [0.15, 0.2) is 29.8 Å². The van der Waals surface area contributed by atoms with Crippen molar-refractivity contribution in [2.75, 3.05) is 20.7 Å². The molecule has 2 aliphatic carbocycles. The predicted octanol–water partition coefficient (Wildman–Crippen LogP) is 0.283. The Morgan fingerprint density at radius 3 is 2.75 bits per heavy atom. The second-order valence-electron chi connectivity index (χ2n) is 9.90. The van der Waals surface area contributed by atoms with Gasteiger partial charge in [-0.2, -0.15) is 0 Å². The molecule has 1 aromatic carbocycles. The second kappa shape index (κ2) is 8.46. The van der Waals surface area contributed by atoms with Gasteiger partial charge in [0.05, 0.1) is 24.5 Å². The molecule has 36 heavy (non-hydrogen) atoms. The number of rotatable bonds is 7. The molecule has 1 aromatic rings. The van der Waals surface area contributed by atoms with E-state index in [1.807, 2.05) is 19.2 Å². The fourth-order valence-corrected chi connectivity index (χ4v) is 6.31. The van der Waals surface area contributed by atoms with Crippen LogP contribution in [-0.4, -0.2) is 88.8 Å². The van der Waals surface area contributed by atoms with E-state index < -0.39 is 53.7 Å². The SMILES string of the molecule is COc1ccc2c3c1O[C@H]1C(OC(=O)[C@@H](O)CC(=O)O[C@@H](C)C(=O)O)=CC[C@@]4(O)[C@@H](C2)N(C)CC[C@]314. The van der Waals surface area contributed by atoms with Crippen molar-refractivity contribution < 1.29 is 48.7 Å². The molecule has 11 heteroatoms. The van der Waals surface area contributed by atoms with E-state index in [1.54, 1.807) is 6.08 Å². The van der Waals surface area contributed by atoms with Crippen LogP contribution in [0.4, 0.5) is 0 Å². The molecule has 4 aliphatic rings. The topological polar surface area (TPSA) is 152 Å². The first-order chi connectivity index (χ1) is 17.0. The summed E-state index contributed by atoms with van der Waals surface area (Å²) >= 11 is 0. The van der Waals surface area contributed by atoms with Crippen LogP contribution >= 0.6 is 0 Å². The minimum Gasteiger partial charge on any atom is -0.493 e. The van der Waals surface area contributed by atoms with Crippen molar-refractivity contribution in [3.05, 3.63) is 35.1 Å². The molecule has 0 unspecified atom stereocenters. The number of likely N-dealkylation sites (N-methyl/N-ethyl adjacent to an activating group) is 1. The molecule has 11 nitrogen and oxygen atoms in total. The highest BCUT2D eigenvalue weighted by Gasteiger charge is 2.72. The standard InChI is InChI=1S/C25H29NO10/c1-12(22(29)30)34-18(28)11-14(27)23(31)35-16-6-7-25(32)17-10-13-4-5-15(33-3)20-19(13)24(25,21(16)36-20)8-9-26(17)2/h4-6,12,14,17,21,27,32H,7-11H2,1-3H3,(H,29,30)/t12-,14-,17+,21-,24-,25+/m0/s1. The maximum atomic E-state index is 12.7. The molecular formula is C25H29NO10. The van der Waals surface area contributed by atoms with E-state index in [0.29, 0.717) is 30.9 Å². The number of carbonyl (C=O) groups is 3. The normalized spacial score (nSPS) is 31.3. The molecule has 5 rings (SSSR count). The van der Waals surface area contributed by atoms with E-state index in [9.17, 15) is 24.6 Å². The molecule has 6 atom stereocenters. The summed E-state index contributed by atoms with van der Waals surface area (Å²) in [5, 5.41) is 31.3. The molecule has 3 N–H and O–H groups in total. The highest BCUT2D eigenvalue weighted by atomic mass is 16.6. The second-order valence-corrected chi connectivity index (χ2v) is 9.90. The number of benzene rings is 1.